The van der Waals surface area contributed by atoms with Crippen LogP contribution in [0.4, 0.5) is 4.39 Å². The molecule has 38 heavy (non-hydrogen) atoms. The first-order chi connectivity index (χ1) is 18.0. The van der Waals surface area contributed by atoms with E-state index in [1.54, 1.807) is 27.9 Å². The molecule has 1 fully saturated rings. The lowest BCUT2D eigenvalue weighted by atomic mass is 9.75. The Morgan fingerprint density at radius 2 is 1.95 bits per heavy atom. The smallest absolute Gasteiger partial charge is 0.464 e. The largest absolute Gasteiger partial charge is 0.495 e. The first kappa shape index (κ1) is 26.2. The van der Waals surface area contributed by atoms with Crippen molar-refractivity contribution in [2.75, 3.05) is 20.2 Å². The topological polar surface area (TPSA) is 98.7 Å². The number of ether oxygens (including phenoxy) is 1. The van der Waals surface area contributed by atoms with Gasteiger partial charge in [-0.2, -0.15) is 5.10 Å². The third-order valence-electron chi connectivity index (χ3n) is 7.76. The number of fused-ring (bicyclic) bond motifs is 1. The van der Waals surface area contributed by atoms with Crippen LogP contribution >= 0.6 is 0 Å². The molecule has 2 aliphatic heterocycles. The van der Waals surface area contributed by atoms with E-state index in [-0.39, 0.29) is 23.7 Å². The fourth-order valence-electron chi connectivity index (χ4n) is 4.86. The average Bonchev–Trinajstić information content (AvgIpc) is 3.61. The molecule has 1 amide bonds. The normalized spacial score (nSPS) is 18.6. The zero-order chi connectivity index (χ0) is 27.2. The summed E-state index contributed by atoms with van der Waals surface area (Å²) >= 11 is 0. The summed E-state index contributed by atoms with van der Waals surface area (Å²) in [6, 6.07) is 5.10. The van der Waals surface area contributed by atoms with E-state index in [4.69, 9.17) is 14.0 Å². The number of nitrogens with one attached hydrogen (secondary N) is 1. The van der Waals surface area contributed by atoms with Crippen molar-refractivity contribution in [3.05, 3.63) is 53.7 Å². The van der Waals surface area contributed by atoms with Crippen LogP contribution in [0.2, 0.25) is 0 Å². The van der Waals surface area contributed by atoms with Gasteiger partial charge < -0.3 is 23.9 Å². The summed E-state index contributed by atoms with van der Waals surface area (Å²) in [5.41, 5.74) is 0.703. The molecule has 2 aliphatic rings. The Balaban J connectivity index is 1.51. The van der Waals surface area contributed by atoms with E-state index in [2.05, 4.69) is 10.1 Å². The van der Waals surface area contributed by atoms with E-state index in [0.717, 1.165) is 0 Å². The van der Waals surface area contributed by atoms with Crippen molar-refractivity contribution in [1.29, 1.82) is 0 Å². The number of H-pyrrole nitrogens is 1. The minimum atomic E-state index is -0.779. The van der Waals surface area contributed by atoms with Gasteiger partial charge in [0.1, 0.15) is 5.69 Å². The van der Waals surface area contributed by atoms with Gasteiger partial charge in [-0.1, -0.05) is 12.1 Å². The molecule has 2 aromatic heterocycles. The van der Waals surface area contributed by atoms with Crippen molar-refractivity contribution < 1.29 is 28.0 Å². The second kappa shape index (κ2) is 9.70. The van der Waals surface area contributed by atoms with E-state index >= 15 is 4.39 Å². The molecule has 200 valence electrons. The molecule has 11 heteroatoms. The number of aryl methyl sites for hydroxylation is 1. The van der Waals surface area contributed by atoms with Gasteiger partial charge in [-0.25, -0.2) is 9.18 Å². The number of carbonyl (C=O) groups is 2. The number of esters is 1. The quantitative estimate of drug-likeness (QED) is 0.394. The number of rotatable bonds is 6. The molecule has 0 radical (unpaired) electrons. The molecule has 0 bridgehead atoms. The maximum atomic E-state index is 16.0. The standard InChI is InChI=1S/C27H32BFN4O5/c1-26(2)27(3,4)38-28(37-26)20-14-18(23(29)24-19(20)15-21(31-24)25(35)36-5)17-8-6-11-32(16-17)22(34)9-13-33-12-7-10-30-33/h7-8,10,12,14-15,31H,6,9,11,13,16H2,1-5H3. The third-order valence-corrected chi connectivity index (χ3v) is 7.76. The van der Waals surface area contributed by atoms with E-state index in [1.807, 2.05) is 46.0 Å². The number of halogens is 1. The molecule has 1 aromatic carbocycles. The van der Waals surface area contributed by atoms with Crippen LogP contribution in [-0.4, -0.2) is 70.1 Å². The van der Waals surface area contributed by atoms with Gasteiger partial charge in [0, 0.05) is 49.4 Å². The first-order valence-electron chi connectivity index (χ1n) is 12.7. The summed E-state index contributed by atoms with van der Waals surface area (Å²) in [5, 5.41) is 4.63. The summed E-state index contributed by atoms with van der Waals surface area (Å²) in [7, 11) is 0.495. The number of aromatic nitrogens is 3. The average molecular weight is 522 g/mol. The number of methoxy groups -OCH3 is 1. The molecule has 1 saturated heterocycles. The number of hydrogen-bond acceptors (Lipinski definition) is 6. The highest BCUT2D eigenvalue weighted by Crippen LogP contribution is 2.38. The van der Waals surface area contributed by atoms with Gasteiger partial charge >= 0.3 is 13.1 Å². The Kier molecular flexibility index (Phi) is 6.69. The molecule has 3 aromatic rings. The lowest BCUT2D eigenvalue weighted by Gasteiger charge is -2.32. The molecule has 0 saturated carbocycles. The second-order valence-electron chi connectivity index (χ2n) is 10.7. The maximum absolute atomic E-state index is 16.0. The number of aromatic amines is 1. The van der Waals surface area contributed by atoms with Gasteiger partial charge in [-0.05, 0) is 57.3 Å². The Morgan fingerprint density at radius 1 is 1.21 bits per heavy atom. The number of hydrogen-bond donors (Lipinski definition) is 1. The van der Waals surface area contributed by atoms with Gasteiger partial charge in [-0.3, -0.25) is 9.48 Å². The number of amides is 1. The van der Waals surface area contributed by atoms with Crippen LogP contribution in [0.1, 0.15) is 56.6 Å². The van der Waals surface area contributed by atoms with Crippen molar-refractivity contribution in [1.82, 2.24) is 19.7 Å². The third kappa shape index (κ3) is 4.65. The molecule has 0 aliphatic carbocycles. The van der Waals surface area contributed by atoms with Crippen molar-refractivity contribution in [2.45, 2.75) is 58.3 Å². The van der Waals surface area contributed by atoms with E-state index < -0.39 is 30.1 Å². The van der Waals surface area contributed by atoms with Crippen LogP contribution in [0.3, 0.4) is 0 Å². The summed E-state index contributed by atoms with van der Waals surface area (Å²) < 4.78 is 35.2. The maximum Gasteiger partial charge on any atom is 0.495 e. The van der Waals surface area contributed by atoms with Crippen LogP contribution in [0.25, 0.3) is 16.5 Å². The molecule has 0 spiro atoms. The Bertz CT molecular complexity index is 1400. The van der Waals surface area contributed by atoms with E-state index in [0.29, 0.717) is 47.9 Å². The van der Waals surface area contributed by atoms with Crippen LogP contribution < -0.4 is 5.46 Å². The molecular weight excluding hydrogens is 490 g/mol. The highest BCUT2D eigenvalue weighted by atomic mass is 19.1. The molecule has 9 nitrogen and oxygen atoms in total. The second-order valence-corrected chi connectivity index (χ2v) is 10.7. The fraction of sp³-hybridized carbons (Fsp3) is 0.444. The van der Waals surface area contributed by atoms with Gasteiger partial charge in [0.25, 0.3) is 0 Å². The number of benzene rings is 1. The van der Waals surface area contributed by atoms with Crippen molar-refractivity contribution in [3.63, 3.8) is 0 Å². The lowest BCUT2D eigenvalue weighted by Crippen LogP contribution is -2.41. The summed E-state index contributed by atoms with van der Waals surface area (Å²) in [6.45, 7) is 9.10. The Labute approximate surface area is 221 Å². The fourth-order valence-corrected chi connectivity index (χ4v) is 4.86. The lowest BCUT2D eigenvalue weighted by molar-refractivity contribution is -0.131. The van der Waals surface area contributed by atoms with Crippen molar-refractivity contribution in [3.8, 4) is 0 Å². The molecular formula is C27H32BFN4O5. The zero-order valence-corrected chi connectivity index (χ0v) is 22.3. The van der Waals surface area contributed by atoms with Gasteiger partial charge in [0.2, 0.25) is 5.91 Å². The summed E-state index contributed by atoms with van der Waals surface area (Å²) in [6.07, 6.45) is 6.35. The Morgan fingerprint density at radius 3 is 2.61 bits per heavy atom. The molecule has 5 rings (SSSR count). The summed E-state index contributed by atoms with van der Waals surface area (Å²) in [4.78, 5) is 29.9. The minimum Gasteiger partial charge on any atom is -0.464 e. The molecule has 1 N–H and O–H groups in total. The SMILES string of the molecule is COC(=O)c1cc2c(B3OC(C)(C)C(C)(C)O3)cc(C3=CCCN(C(=O)CCn4cccn4)C3)c(F)c2[nH]1. The van der Waals surface area contributed by atoms with Crippen LogP contribution in [0.5, 0.6) is 0 Å². The number of nitrogens with zero attached hydrogens (tertiary/aromatic N) is 3. The van der Waals surface area contributed by atoms with Crippen molar-refractivity contribution in [2.24, 2.45) is 0 Å². The van der Waals surface area contributed by atoms with E-state index in [9.17, 15) is 9.59 Å². The highest BCUT2D eigenvalue weighted by molar-refractivity contribution is 6.65. The zero-order valence-electron chi connectivity index (χ0n) is 22.3. The predicted molar refractivity (Wildman–Crippen MR) is 141 cm³/mol. The molecule has 0 unspecified atom stereocenters. The van der Waals surface area contributed by atoms with Gasteiger partial charge in [-0.15, -0.1) is 0 Å². The van der Waals surface area contributed by atoms with Gasteiger partial charge in [0.05, 0.1) is 23.8 Å². The molecule has 4 heterocycles. The predicted octanol–water partition coefficient (Wildman–Crippen LogP) is 3.30. The van der Waals surface area contributed by atoms with Crippen LogP contribution in [-0.2, 0) is 25.4 Å². The highest BCUT2D eigenvalue weighted by Gasteiger charge is 2.52. The monoisotopic (exact) mass is 522 g/mol. The van der Waals surface area contributed by atoms with Gasteiger partial charge in [0.15, 0.2) is 5.82 Å². The van der Waals surface area contributed by atoms with Crippen LogP contribution in [0, 0.1) is 5.82 Å². The van der Waals surface area contributed by atoms with E-state index in [1.165, 1.54) is 7.11 Å². The summed E-state index contributed by atoms with van der Waals surface area (Å²) in [5.74, 6) is -1.13. The number of carbonyl (C=O) groups excluding carboxylic acids is 2. The van der Waals surface area contributed by atoms with Crippen LogP contribution in [0.15, 0.2) is 36.7 Å². The first-order valence-corrected chi connectivity index (χ1v) is 12.7. The van der Waals surface area contributed by atoms with Crippen molar-refractivity contribution >= 4 is 40.9 Å². The Hall–Kier alpha value is -3.44. The minimum absolute atomic E-state index is 0.0216. The molecule has 0 atom stereocenters.